The molecule has 0 aliphatic heterocycles. The number of anilines is 1. The Morgan fingerprint density at radius 1 is 1.13 bits per heavy atom. The van der Waals surface area contributed by atoms with Gasteiger partial charge in [-0.05, 0) is 68.9 Å². The molecule has 0 atom stereocenters. The second-order valence-electron chi connectivity index (χ2n) is 8.41. The molecule has 3 aromatic rings. The third-order valence-corrected chi connectivity index (χ3v) is 6.24. The molecule has 164 valence electrons. The predicted octanol–water partition coefficient (Wildman–Crippen LogP) is 4.88. The molecule has 2 heterocycles. The lowest BCUT2D eigenvalue weighted by molar-refractivity contribution is -0.149. The van der Waals surface area contributed by atoms with Crippen LogP contribution in [0.25, 0.3) is 11.2 Å². The molecule has 6 heteroatoms. The summed E-state index contributed by atoms with van der Waals surface area (Å²) in [5, 5.41) is 3.63. The Morgan fingerprint density at radius 3 is 2.55 bits per heavy atom. The Hall–Kier alpha value is -2.89. The number of pyridine rings is 1. The highest BCUT2D eigenvalue weighted by molar-refractivity contribution is 5.75. The summed E-state index contributed by atoms with van der Waals surface area (Å²) < 4.78 is 7.39. The molecule has 4 rings (SSSR count). The zero-order valence-corrected chi connectivity index (χ0v) is 18.7. The van der Waals surface area contributed by atoms with E-state index in [-0.39, 0.29) is 11.9 Å². The van der Waals surface area contributed by atoms with E-state index in [1.807, 2.05) is 19.2 Å². The number of fused-ring (bicyclic) bond motifs is 1. The number of nitrogens with zero attached hydrogens (tertiary/aromatic N) is 3. The Labute approximate surface area is 184 Å². The number of benzene rings is 1. The van der Waals surface area contributed by atoms with E-state index in [0.29, 0.717) is 12.6 Å². The number of ether oxygens (including phenoxy) is 1. The number of aryl methyl sites for hydroxylation is 2. The maximum absolute atomic E-state index is 11.9. The minimum Gasteiger partial charge on any atom is -0.466 e. The largest absolute Gasteiger partial charge is 0.466 e. The van der Waals surface area contributed by atoms with E-state index in [9.17, 15) is 4.79 Å². The average Bonchev–Trinajstić information content (AvgIpc) is 3.14. The van der Waals surface area contributed by atoms with Gasteiger partial charge in [-0.1, -0.05) is 19.1 Å². The summed E-state index contributed by atoms with van der Waals surface area (Å²) >= 11 is 0. The lowest BCUT2D eigenvalue weighted by Crippen LogP contribution is -2.30. The Bertz CT molecular complexity index is 1030. The monoisotopic (exact) mass is 420 g/mol. The zero-order chi connectivity index (χ0) is 21.8. The van der Waals surface area contributed by atoms with Crippen molar-refractivity contribution in [1.82, 2.24) is 14.5 Å². The Kier molecular flexibility index (Phi) is 6.54. The van der Waals surface area contributed by atoms with Crippen molar-refractivity contribution in [3.63, 3.8) is 0 Å². The highest BCUT2D eigenvalue weighted by atomic mass is 16.5. The topological polar surface area (TPSA) is 69.0 Å². The molecule has 1 aliphatic rings. The minimum atomic E-state index is -0.0338. The molecule has 0 amide bonds. The van der Waals surface area contributed by atoms with Crippen LogP contribution in [0.4, 0.5) is 5.69 Å². The van der Waals surface area contributed by atoms with Crippen LogP contribution >= 0.6 is 0 Å². The van der Waals surface area contributed by atoms with Crippen LogP contribution in [0.5, 0.6) is 0 Å². The molecule has 1 N–H and O–H groups in total. The number of carbonyl (C=O) groups excluding carboxylic acids is 1. The van der Waals surface area contributed by atoms with E-state index in [2.05, 4.69) is 53.0 Å². The standard InChI is InChI=1S/C25H32N4O2/c1-4-22-28-23-17(3)14-15-26-24(23)29(22)16-18-6-10-20(11-7-18)27-21-12-8-19(9-13-21)25(30)31-5-2/h6-7,10-11,14-15,19,21,27H,4-5,8-9,12-13,16H2,1-3H3/t19-,21-. The lowest BCUT2D eigenvalue weighted by atomic mass is 9.86. The fourth-order valence-corrected chi connectivity index (χ4v) is 4.48. The van der Waals surface area contributed by atoms with Gasteiger partial charge in [0.1, 0.15) is 11.3 Å². The van der Waals surface area contributed by atoms with Gasteiger partial charge in [0.2, 0.25) is 0 Å². The maximum atomic E-state index is 11.9. The third kappa shape index (κ3) is 4.73. The number of esters is 1. The fourth-order valence-electron chi connectivity index (χ4n) is 4.48. The number of rotatable bonds is 7. The highest BCUT2D eigenvalue weighted by Gasteiger charge is 2.27. The van der Waals surface area contributed by atoms with E-state index < -0.39 is 0 Å². The number of imidazole rings is 1. The lowest BCUT2D eigenvalue weighted by Gasteiger charge is -2.28. The van der Waals surface area contributed by atoms with E-state index >= 15 is 0 Å². The molecule has 1 aromatic carbocycles. The molecule has 1 aliphatic carbocycles. The molecule has 31 heavy (non-hydrogen) atoms. The van der Waals surface area contributed by atoms with Crippen LogP contribution in [0.15, 0.2) is 36.5 Å². The molecule has 0 spiro atoms. The first-order chi connectivity index (χ1) is 15.1. The molecule has 2 aromatic heterocycles. The molecular formula is C25H32N4O2. The fraction of sp³-hybridized carbons (Fsp3) is 0.480. The van der Waals surface area contributed by atoms with Gasteiger partial charge < -0.3 is 14.6 Å². The van der Waals surface area contributed by atoms with Gasteiger partial charge in [-0.3, -0.25) is 4.79 Å². The van der Waals surface area contributed by atoms with E-state index in [0.717, 1.165) is 66.9 Å². The van der Waals surface area contributed by atoms with Crippen molar-refractivity contribution in [2.24, 2.45) is 5.92 Å². The third-order valence-electron chi connectivity index (χ3n) is 6.24. The van der Waals surface area contributed by atoms with Crippen molar-refractivity contribution in [2.45, 2.75) is 65.5 Å². The summed E-state index contributed by atoms with van der Waals surface area (Å²) in [6.45, 7) is 7.32. The van der Waals surface area contributed by atoms with Crippen LogP contribution < -0.4 is 5.32 Å². The SMILES string of the molecule is CCOC(=O)[C@H]1CC[C@H](Nc2ccc(Cn3c(CC)nc4c(C)ccnc43)cc2)CC1. The zero-order valence-electron chi connectivity index (χ0n) is 18.7. The van der Waals surface area contributed by atoms with Crippen LogP contribution in [-0.2, 0) is 22.5 Å². The number of hydrogen-bond acceptors (Lipinski definition) is 5. The van der Waals surface area contributed by atoms with Crippen LogP contribution in [0.1, 0.15) is 56.5 Å². The summed E-state index contributed by atoms with van der Waals surface area (Å²) in [6, 6.07) is 11.1. The van der Waals surface area contributed by atoms with Crippen molar-refractivity contribution in [3.8, 4) is 0 Å². The summed E-state index contributed by atoms with van der Waals surface area (Å²) in [5.74, 6) is 1.10. The van der Waals surface area contributed by atoms with Crippen molar-refractivity contribution in [3.05, 3.63) is 53.5 Å². The van der Waals surface area contributed by atoms with E-state index in [1.165, 1.54) is 5.56 Å². The molecule has 0 radical (unpaired) electrons. The number of nitrogens with one attached hydrogen (secondary N) is 1. The average molecular weight is 421 g/mol. The van der Waals surface area contributed by atoms with Crippen LogP contribution in [0.3, 0.4) is 0 Å². The van der Waals surface area contributed by atoms with Gasteiger partial charge >= 0.3 is 5.97 Å². The predicted molar refractivity (Wildman–Crippen MR) is 123 cm³/mol. The maximum Gasteiger partial charge on any atom is 0.308 e. The quantitative estimate of drug-likeness (QED) is 0.552. The summed E-state index contributed by atoms with van der Waals surface area (Å²) in [7, 11) is 0. The second kappa shape index (κ2) is 9.50. The minimum absolute atomic E-state index is 0.0338. The Balaban J connectivity index is 1.39. The first-order valence-corrected chi connectivity index (χ1v) is 11.4. The number of aromatic nitrogens is 3. The van der Waals surface area contributed by atoms with Crippen LogP contribution in [-0.4, -0.2) is 33.2 Å². The van der Waals surface area contributed by atoms with Crippen LogP contribution in [0, 0.1) is 12.8 Å². The highest BCUT2D eigenvalue weighted by Crippen LogP contribution is 2.28. The van der Waals surface area contributed by atoms with Gasteiger partial charge in [0.05, 0.1) is 19.1 Å². The number of carbonyl (C=O) groups is 1. The van der Waals surface area contributed by atoms with Gasteiger partial charge in [-0.25, -0.2) is 9.97 Å². The van der Waals surface area contributed by atoms with Gasteiger partial charge in [-0.2, -0.15) is 0 Å². The normalized spacial score (nSPS) is 18.8. The first-order valence-electron chi connectivity index (χ1n) is 11.4. The van der Waals surface area contributed by atoms with Crippen molar-refractivity contribution >= 4 is 22.8 Å². The summed E-state index contributed by atoms with van der Waals surface area (Å²) in [6.07, 6.45) is 6.53. The molecule has 0 saturated heterocycles. The molecular weight excluding hydrogens is 388 g/mol. The Morgan fingerprint density at radius 2 is 1.87 bits per heavy atom. The van der Waals surface area contributed by atoms with E-state index in [4.69, 9.17) is 9.72 Å². The summed E-state index contributed by atoms with van der Waals surface area (Å²) in [5.41, 5.74) is 5.47. The van der Waals surface area contributed by atoms with E-state index in [1.54, 1.807) is 0 Å². The summed E-state index contributed by atoms with van der Waals surface area (Å²) in [4.78, 5) is 21.3. The molecule has 0 bridgehead atoms. The molecule has 0 unspecified atom stereocenters. The first kappa shape index (κ1) is 21.3. The van der Waals surface area contributed by atoms with Gasteiger partial charge in [-0.15, -0.1) is 0 Å². The van der Waals surface area contributed by atoms with Crippen LogP contribution in [0.2, 0.25) is 0 Å². The van der Waals surface area contributed by atoms with Gasteiger partial charge in [0.15, 0.2) is 5.65 Å². The van der Waals surface area contributed by atoms with Crippen molar-refractivity contribution < 1.29 is 9.53 Å². The molecule has 1 fully saturated rings. The second-order valence-corrected chi connectivity index (χ2v) is 8.41. The van der Waals surface area contributed by atoms with Crippen molar-refractivity contribution in [1.29, 1.82) is 0 Å². The smallest absolute Gasteiger partial charge is 0.308 e. The number of hydrogen-bond donors (Lipinski definition) is 1. The van der Waals surface area contributed by atoms with Gasteiger partial charge in [0, 0.05) is 24.3 Å². The molecule has 6 nitrogen and oxygen atoms in total. The van der Waals surface area contributed by atoms with Gasteiger partial charge in [0.25, 0.3) is 0 Å². The molecule has 1 saturated carbocycles. The van der Waals surface area contributed by atoms with Crippen molar-refractivity contribution in [2.75, 3.05) is 11.9 Å².